The van der Waals surface area contributed by atoms with Crippen molar-refractivity contribution >= 4 is 6.03 Å². The summed E-state index contributed by atoms with van der Waals surface area (Å²) in [6.45, 7) is 2.58. The highest BCUT2D eigenvalue weighted by Crippen LogP contribution is 2.43. The fourth-order valence-corrected chi connectivity index (χ4v) is 3.72. The van der Waals surface area contributed by atoms with Gasteiger partial charge in [0, 0.05) is 17.5 Å². The molecule has 2 aromatic carbocycles. The first-order chi connectivity index (χ1) is 13.1. The molecule has 2 N–H and O–H groups in total. The molecular weight excluding hydrogens is 340 g/mol. The summed E-state index contributed by atoms with van der Waals surface area (Å²) < 4.78 is 10.7. The largest absolute Gasteiger partial charge is 0.497 e. The number of methoxy groups -OCH3 is 2. The minimum absolute atomic E-state index is 0.0650. The monoisotopic (exact) mass is 368 g/mol. The van der Waals surface area contributed by atoms with Crippen molar-refractivity contribution in [3.8, 4) is 11.5 Å². The molecule has 27 heavy (non-hydrogen) atoms. The molecule has 0 saturated heterocycles. The Kier molecular flexibility index (Phi) is 5.89. The molecule has 2 aromatic rings. The second-order valence-corrected chi connectivity index (χ2v) is 7.16. The zero-order chi connectivity index (χ0) is 19.3. The van der Waals surface area contributed by atoms with E-state index < -0.39 is 0 Å². The second kappa shape index (κ2) is 8.33. The van der Waals surface area contributed by atoms with Crippen LogP contribution in [0.15, 0.2) is 48.5 Å². The number of urea groups is 1. The molecule has 1 aliphatic rings. The van der Waals surface area contributed by atoms with Crippen molar-refractivity contribution in [2.75, 3.05) is 20.8 Å². The minimum atomic E-state index is -0.205. The van der Waals surface area contributed by atoms with E-state index in [1.807, 2.05) is 31.2 Å². The first-order valence-electron chi connectivity index (χ1n) is 9.40. The number of amides is 2. The van der Waals surface area contributed by atoms with Crippen molar-refractivity contribution in [2.24, 2.45) is 0 Å². The third-order valence-corrected chi connectivity index (χ3v) is 5.54. The van der Waals surface area contributed by atoms with E-state index in [0.717, 1.165) is 29.9 Å². The zero-order valence-electron chi connectivity index (χ0n) is 16.2. The Labute approximate surface area is 161 Å². The molecule has 0 heterocycles. The average Bonchev–Trinajstić information content (AvgIpc) is 2.67. The van der Waals surface area contributed by atoms with Crippen molar-refractivity contribution in [1.29, 1.82) is 0 Å². The lowest BCUT2D eigenvalue weighted by atomic mass is 9.64. The molecule has 5 nitrogen and oxygen atoms in total. The van der Waals surface area contributed by atoms with Gasteiger partial charge < -0.3 is 20.1 Å². The number of benzene rings is 2. The third-order valence-electron chi connectivity index (χ3n) is 5.54. The van der Waals surface area contributed by atoms with Crippen LogP contribution in [-0.4, -0.2) is 26.8 Å². The summed E-state index contributed by atoms with van der Waals surface area (Å²) in [5.41, 5.74) is 2.25. The average molecular weight is 368 g/mol. The molecule has 1 unspecified atom stereocenters. The zero-order valence-corrected chi connectivity index (χ0v) is 16.2. The van der Waals surface area contributed by atoms with Crippen molar-refractivity contribution in [2.45, 2.75) is 37.6 Å². The van der Waals surface area contributed by atoms with Crippen LogP contribution >= 0.6 is 0 Å². The summed E-state index contributed by atoms with van der Waals surface area (Å²) in [6.07, 6.45) is 3.42. The van der Waals surface area contributed by atoms with E-state index in [0.29, 0.717) is 6.54 Å². The molecule has 0 aromatic heterocycles. The topological polar surface area (TPSA) is 59.6 Å². The standard InChI is InChI=1S/C22H28N2O3/c1-16(19-14-18(26-2)10-11-20(19)27-3)24-21(25)23-15-22(12-7-13-22)17-8-5-4-6-9-17/h4-6,8-11,14,16H,7,12-13,15H2,1-3H3,(H2,23,24,25). The molecule has 1 fully saturated rings. The summed E-state index contributed by atoms with van der Waals surface area (Å²) in [6, 6.07) is 15.7. The van der Waals surface area contributed by atoms with Crippen molar-refractivity contribution in [3.05, 3.63) is 59.7 Å². The number of ether oxygens (including phenoxy) is 2. The van der Waals surface area contributed by atoms with Crippen LogP contribution in [0.2, 0.25) is 0 Å². The predicted octanol–water partition coefficient (Wildman–Crippen LogP) is 4.19. The van der Waals surface area contributed by atoms with Gasteiger partial charge in [0.15, 0.2) is 0 Å². The van der Waals surface area contributed by atoms with Gasteiger partial charge in [-0.25, -0.2) is 4.79 Å². The number of hydrogen-bond acceptors (Lipinski definition) is 3. The molecule has 3 rings (SSSR count). The van der Waals surface area contributed by atoms with Crippen LogP contribution in [0.1, 0.15) is 43.4 Å². The van der Waals surface area contributed by atoms with Crippen LogP contribution in [0, 0.1) is 0 Å². The van der Waals surface area contributed by atoms with Crippen LogP contribution in [0.4, 0.5) is 4.79 Å². The van der Waals surface area contributed by atoms with Crippen LogP contribution in [0.5, 0.6) is 11.5 Å². The molecular formula is C22H28N2O3. The van der Waals surface area contributed by atoms with Gasteiger partial charge in [0.25, 0.3) is 0 Å². The maximum Gasteiger partial charge on any atom is 0.315 e. The van der Waals surface area contributed by atoms with Crippen molar-refractivity contribution in [1.82, 2.24) is 10.6 Å². The van der Waals surface area contributed by atoms with Gasteiger partial charge in [0.05, 0.1) is 20.3 Å². The van der Waals surface area contributed by atoms with E-state index in [-0.39, 0.29) is 17.5 Å². The van der Waals surface area contributed by atoms with Crippen molar-refractivity contribution < 1.29 is 14.3 Å². The molecule has 0 bridgehead atoms. The lowest BCUT2D eigenvalue weighted by molar-refractivity contribution is 0.213. The molecule has 0 aliphatic heterocycles. The van der Waals surface area contributed by atoms with Crippen LogP contribution in [0.3, 0.4) is 0 Å². The normalized spacial score (nSPS) is 16.0. The number of hydrogen-bond donors (Lipinski definition) is 2. The van der Waals surface area contributed by atoms with E-state index in [2.05, 4.69) is 34.9 Å². The lowest BCUT2D eigenvalue weighted by Gasteiger charge is -2.42. The molecule has 0 spiro atoms. The smallest absolute Gasteiger partial charge is 0.315 e. The maximum absolute atomic E-state index is 12.5. The summed E-state index contributed by atoms with van der Waals surface area (Å²) in [5, 5.41) is 6.08. The maximum atomic E-state index is 12.5. The van der Waals surface area contributed by atoms with Gasteiger partial charge >= 0.3 is 6.03 Å². The number of carbonyl (C=O) groups is 1. The lowest BCUT2D eigenvalue weighted by Crippen LogP contribution is -2.48. The Morgan fingerprint density at radius 2 is 1.85 bits per heavy atom. The molecule has 1 atom stereocenters. The Bertz CT molecular complexity index is 772. The van der Waals surface area contributed by atoms with E-state index in [9.17, 15) is 4.79 Å². The third kappa shape index (κ3) is 4.18. The van der Waals surface area contributed by atoms with Crippen LogP contribution < -0.4 is 20.1 Å². The fourth-order valence-electron chi connectivity index (χ4n) is 3.72. The van der Waals surface area contributed by atoms with E-state index >= 15 is 0 Å². The van der Waals surface area contributed by atoms with Gasteiger partial charge in [0.1, 0.15) is 11.5 Å². The Hall–Kier alpha value is -2.69. The second-order valence-electron chi connectivity index (χ2n) is 7.16. The number of nitrogens with one attached hydrogen (secondary N) is 2. The molecule has 1 aliphatic carbocycles. The molecule has 2 amide bonds. The van der Waals surface area contributed by atoms with E-state index in [1.54, 1.807) is 14.2 Å². The molecule has 144 valence electrons. The fraction of sp³-hybridized carbons (Fsp3) is 0.409. The van der Waals surface area contributed by atoms with E-state index in [4.69, 9.17) is 9.47 Å². The Morgan fingerprint density at radius 3 is 2.44 bits per heavy atom. The summed E-state index contributed by atoms with van der Waals surface area (Å²) in [4.78, 5) is 12.5. The van der Waals surface area contributed by atoms with Crippen molar-refractivity contribution in [3.63, 3.8) is 0 Å². The summed E-state index contributed by atoms with van der Waals surface area (Å²) in [7, 11) is 3.25. The highest BCUT2D eigenvalue weighted by atomic mass is 16.5. The highest BCUT2D eigenvalue weighted by Gasteiger charge is 2.38. The van der Waals surface area contributed by atoms with Crippen LogP contribution in [-0.2, 0) is 5.41 Å². The SMILES string of the molecule is COc1ccc(OC)c(C(C)NC(=O)NCC2(c3ccccc3)CCC2)c1. The van der Waals surface area contributed by atoms with Gasteiger partial charge in [0.2, 0.25) is 0 Å². The minimum Gasteiger partial charge on any atom is -0.497 e. The van der Waals surface area contributed by atoms with Gasteiger partial charge in [-0.1, -0.05) is 36.8 Å². The van der Waals surface area contributed by atoms with Gasteiger partial charge in [-0.3, -0.25) is 0 Å². The van der Waals surface area contributed by atoms with Gasteiger partial charge in [-0.15, -0.1) is 0 Å². The molecule has 1 saturated carbocycles. The first-order valence-corrected chi connectivity index (χ1v) is 9.40. The summed E-state index contributed by atoms with van der Waals surface area (Å²) >= 11 is 0. The number of rotatable bonds is 7. The first kappa shape index (κ1) is 19.1. The Balaban J connectivity index is 1.62. The highest BCUT2D eigenvalue weighted by molar-refractivity contribution is 5.74. The Morgan fingerprint density at radius 1 is 1.11 bits per heavy atom. The van der Waals surface area contributed by atoms with Gasteiger partial charge in [-0.05, 0) is 43.5 Å². The summed E-state index contributed by atoms with van der Waals surface area (Å²) in [5.74, 6) is 1.46. The number of carbonyl (C=O) groups excluding carboxylic acids is 1. The quantitative estimate of drug-likeness (QED) is 0.770. The van der Waals surface area contributed by atoms with Crippen LogP contribution in [0.25, 0.3) is 0 Å². The van der Waals surface area contributed by atoms with Gasteiger partial charge in [-0.2, -0.15) is 0 Å². The molecule has 5 heteroatoms. The predicted molar refractivity (Wildman–Crippen MR) is 106 cm³/mol. The molecule has 0 radical (unpaired) electrons. The van der Waals surface area contributed by atoms with E-state index in [1.165, 1.54) is 12.0 Å².